The Morgan fingerprint density at radius 2 is 1.32 bits per heavy atom. The number of rotatable bonds is 11. The minimum Gasteiger partial charge on any atom is -0.352 e. The number of hydrogen-bond acceptors (Lipinski definition) is 2. The topological polar surface area (TPSA) is 18.5 Å². The molecule has 0 unspecified atom stereocenters. The molecule has 0 spiro atoms. The first-order valence-corrected chi connectivity index (χ1v) is 12.5. The first-order valence-electron chi connectivity index (χ1n) is 12.5. The summed E-state index contributed by atoms with van der Waals surface area (Å²) in [4.78, 5) is 0. The zero-order chi connectivity index (χ0) is 22.1. The van der Waals surface area contributed by atoms with Crippen molar-refractivity contribution in [1.82, 2.24) is 0 Å². The van der Waals surface area contributed by atoms with E-state index < -0.39 is 17.5 Å². The van der Waals surface area contributed by atoms with Gasteiger partial charge in [0.15, 0.2) is 23.7 Å². The van der Waals surface area contributed by atoms with Crippen LogP contribution in [0.5, 0.6) is 0 Å². The van der Waals surface area contributed by atoms with Crippen molar-refractivity contribution in [3.05, 3.63) is 35.1 Å². The lowest BCUT2D eigenvalue weighted by Gasteiger charge is -2.37. The van der Waals surface area contributed by atoms with E-state index in [9.17, 15) is 13.2 Å². The van der Waals surface area contributed by atoms with Gasteiger partial charge in [-0.3, -0.25) is 0 Å². The fraction of sp³-hybridized carbons (Fsp3) is 0.769. The van der Waals surface area contributed by atoms with Gasteiger partial charge in [-0.25, -0.2) is 13.2 Å². The lowest BCUT2D eigenvalue weighted by Crippen LogP contribution is -2.38. The van der Waals surface area contributed by atoms with Crippen molar-refractivity contribution < 1.29 is 22.6 Å². The van der Waals surface area contributed by atoms with Gasteiger partial charge in [-0.15, -0.1) is 0 Å². The summed E-state index contributed by atoms with van der Waals surface area (Å²) in [5.74, 6) is -2.69. The van der Waals surface area contributed by atoms with Crippen LogP contribution >= 0.6 is 0 Å². The van der Waals surface area contributed by atoms with E-state index in [1.54, 1.807) is 0 Å². The summed E-state index contributed by atoms with van der Waals surface area (Å²) in [6, 6.07) is 2.29. The van der Waals surface area contributed by atoms with Crippen molar-refractivity contribution in [2.45, 2.75) is 103 Å². The molecular weight excluding hydrogens is 401 g/mol. The predicted molar refractivity (Wildman–Crippen MR) is 117 cm³/mol. The van der Waals surface area contributed by atoms with Gasteiger partial charge in [0.05, 0.1) is 13.2 Å². The van der Waals surface area contributed by atoms with Crippen molar-refractivity contribution in [2.24, 2.45) is 11.8 Å². The molecule has 0 bridgehead atoms. The maximum absolute atomic E-state index is 13.5. The van der Waals surface area contributed by atoms with Crippen LogP contribution in [0.15, 0.2) is 12.1 Å². The molecule has 1 aromatic rings. The molecule has 1 aliphatic carbocycles. The Bertz CT molecular complexity index is 627. The third kappa shape index (κ3) is 7.49. The molecule has 2 aliphatic rings. The highest BCUT2D eigenvalue weighted by atomic mass is 19.2. The van der Waals surface area contributed by atoms with Gasteiger partial charge in [-0.2, -0.15) is 0 Å². The summed E-state index contributed by atoms with van der Waals surface area (Å²) in [5.41, 5.74) is 0.561. The fourth-order valence-corrected chi connectivity index (χ4v) is 5.10. The highest BCUT2D eigenvalue weighted by Crippen LogP contribution is 2.39. The minimum absolute atomic E-state index is 0.0687. The molecule has 1 aromatic carbocycles. The second-order valence-corrected chi connectivity index (χ2v) is 9.57. The van der Waals surface area contributed by atoms with Crippen LogP contribution in [0, 0.1) is 29.3 Å². The van der Waals surface area contributed by atoms with Crippen LogP contribution in [0.3, 0.4) is 0 Å². The summed E-state index contributed by atoms with van der Waals surface area (Å²) in [6.07, 6.45) is 15.1. The highest BCUT2D eigenvalue weighted by molar-refractivity contribution is 5.23. The SMILES string of the molecule is CCCCCCCCCCC1COC(C2CCC(c3cc(F)c(F)c(F)c3)CC2)OC1. The van der Waals surface area contributed by atoms with Gasteiger partial charge >= 0.3 is 0 Å². The van der Waals surface area contributed by atoms with E-state index in [-0.39, 0.29) is 12.2 Å². The van der Waals surface area contributed by atoms with Gasteiger partial charge in [0, 0.05) is 11.8 Å². The summed E-state index contributed by atoms with van der Waals surface area (Å²) in [5, 5.41) is 0. The first-order chi connectivity index (χ1) is 15.1. The molecule has 1 saturated carbocycles. The maximum Gasteiger partial charge on any atom is 0.194 e. The Labute approximate surface area is 185 Å². The van der Waals surface area contributed by atoms with E-state index in [2.05, 4.69) is 6.92 Å². The van der Waals surface area contributed by atoms with Gasteiger partial charge in [0.25, 0.3) is 0 Å². The Balaban J connectivity index is 1.30. The van der Waals surface area contributed by atoms with Crippen LogP contribution in [0.2, 0.25) is 0 Å². The van der Waals surface area contributed by atoms with E-state index in [4.69, 9.17) is 9.47 Å². The third-order valence-electron chi connectivity index (χ3n) is 7.09. The quantitative estimate of drug-likeness (QED) is 0.257. The van der Waals surface area contributed by atoms with Gasteiger partial charge in [0.1, 0.15) is 0 Å². The minimum atomic E-state index is -1.39. The number of unbranched alkanes of at least 4 members (excludes halogenated alkanes) is 7. The van der Waals surface area contributed by atoms with E-state index >= 15 is 0 Å². The molecule has 1 saturated heterocycles. The molecule has 176 valence electrons. The second-order valence-electron chi connectivity index (χ2n) is 9.57. The normalized spacial score (nSPS) is 26.8. The average Bonchev–Trinajstić information content (AvgIpc) is 2.79. The van der Waals surface area contributed by atoms with E-state index in [1.165, 1.54) is 57.8 Å². The molecule has 3 rings (SSSR count). The van der Waals surface area contributed by atoms with Crippen molar-refractivity contribution >= 4 is 0 Å². The summed E-state index contributed by atoms with van der Waals surface area (Å²) >= 11 is 0. The van der Waals surface area contributed by atoms with Crippen LogP contribution < -0.4 is 0 Å². The molecular formula is C26H39F3O2. The molecule has 1 aliphatic heterocycles. The molecule has 0 radical (unpaired) electrons. The zero-order valence-corrected chi connectivity index (χ0v) is 19.0. The smallest absolute Gasteiger partial charge is 0.194 e. The molecule has 2 fully saturated rings. The predicted octanol–water partition coefficient (Wildman–Crippen LogP) is 7.90. The molecule has 31 heavy (non-hydrogen) atoms. The monoisotopic (exact) mass is 440 g/mol. The highest BCUT2D eigenvalue weighted by Gasteiger charge is 2.33. The van der Waals surface area contributed by atoms with Crippen LogP contribution in [-0.2, 0) is 9.47 Å². The Hall–Kier alpha value is -1.07. The molecule has 0 atom stereocenters. The van der Waals surface area contributed by atoms with Gasteiger partial charge in [0.2, 0.25) is 0 Å². The second kappa shape index (κ2) is 12.8. The van der Waals surface area contributed by atoms with Crippen LogP contribution in [0.25, 0.3) is 0 Å². The average molecular weight is 441 g/mol. The van der Waals surface area contributed by atoms with E-state index in [0.29, 0.717) is 17.4 Å². The number of ether oxygens (including phenoxy) is 2. The van der Waals surface area contributed by atoms with E-state index in [1.807, 2.05) is 0 Å². The fourth-order valence-electron chi connectivity index (χ4n) is 5.10. The lowest BCUT2D eigenvalue weighted by atomic mass is 9.78. The van der Waals surface area contributed by atoms with E-state index in [0.717, 1.165) is 51.0 Å². The molecule has 0 amide bonds. The van der Waals surface area contributed by atoms with Crippen LogP contribution in [-0.4, -0.2) is 19.5 Å². The molecule has 0 aromatic heterocycles. The number of hydrogen-bond donors (Lipinski definition) is 0. The van der Waals surface area contributed by atoms with Crippen molar-refractivity contribution in [3.63, 3.8) is 0 Å². The van der Waals surface area contributed by atoms with Crippen LogP contribution in [0.4, 0.5) is 13.2 Å². The Kier molecular flexibility index (Phi) is 10.2. The molecule has 1 heterocycles. The maximum atomic E-state index is 13.5. The number of benzene rings is 1. The number of halogens is 3. The van der Waals surface area contributed by atoms with Crippen LogP contribution in [0.1, 0.15) is 102 Å². The Morgan fingerprint density at radius 3 is 1.90 bits per heavy atom. The summed E-state index contributed by atoms with van der Waals surface area (Å²) < 4.78 is 52.4. The third-order valence-corrected chi connectivity index (χ3v) is 7.09. The van der Waals surface area contributed by atoms with Crippen molar-refractivity contribution in [1.29, 1.82) is 0 Å². The molecule has 5 heteroatoms. The first kappa shape index (κ1) is 24.6. The largest absolute Gasteiger partial charge is 0.352 e. The van der Waals surface area contributed by atoms with Gasteiger partial charge < -0.3 is 9.47 Å². The standard InChI is InChI=1S/C26H39F3O2/c1-2-3-4-5-6-7-8-9-10-19-17-30-26(31-18-19)21-13-11-20(12-14-21)22-15-23(27)25(29)24(28)16-22/h15-16,19-21,26H,2-14,17-18H2,1H3. The molecule has 2 nitrogen and oxygen atoms in total. The van der Waals surface area contributed by atoms with Gasteiger partial charge in [-0.1, -0.05) is 58.3 Å². The van der Waals surface area contributed by atoms with Gasteiger partial charge in [-0.05, 0) is 55.7 Å². The summed E-state index contributed by atoms with van der Waals surface area (Å²) in [6.45, 7) is 3.80. The lowest BCUT2D eigenvalue weighted by molar-refractivity contribution is -0.229. The van der Waals surface area contributed by atoms with Crippen molar-refractivity contribution in [2.75, 3.05) is 13.2 Å². The Morgan fingerprint density at radius 1 is 0.774 bits per heavy atom. The molecule has 0 N–H and O–H groups in total. The summed E-state index contributed by atoms with van der Waals surface area (Å²) in [7, 11) is 0. The zero-order valence-electron chi connectivity index (χ0n) is 19.0. The van der Waals surface area contributed by atoms with Crippen molar-refractivity contribution in [3.8, 4) is 0 Å².